The first-order chi connectivity index (χ1) is 14.0. The van der Waals surface area contributed by atoms with Crippen LogP contribution in [0, 0.1) is 18.8 Å². The van der Waals surface area contributed by atoms with E-state index in [4.69, 9.17) is 4.74 Å². The molecule has 7 heteroatoms. The third-order valence-corrected chi connectivity index (χ3v) is 5.69. The Morgan fingerprint density at radius 3 is 2.72 bits per heavy atom. The molecule has 2 aromatic rings. The molecule has 1 aliphatic rings. The van der Waals surface area contributed by atoms with E-state index in [1.165, 1.54) is 0 Å². The second kappa shape index (κ2) is 10.0. The van der Waals surface area contributed by atoms with E-state index in [0.717, 1.165) is 36.3 Å². The zero-order valence-electron chi connectivity index (χ0n) is 17.6. The van der Waals surface area contributed by atoms with E-state index in [-0.39, 0.29) is 18.4 Å². The van der Waals surface area contributed by atoms with Gasteiger partial charge in [-0.05, 0) is 32.2 Å². The molecular formula is C22H32N4O3. The van der Waals surface area contributed by atoms with Crippen molar-refractivity contribution in [1.29, 1.82) is 0 Å². The van der Waals surface area contributed by atoms with Crippen LogP contribution in [0.25, 0.3) is 11.3 Å². The minimum absolute atomic E-state index is 0.0418. The van der Waals surface area contributed by atoms with Crippen LogP contribution in [0.2, 0.25) is 0 Å². The van der Waals surface area contributed by atoms with Gasteiger partial charge < -0.3 is 19.6 Å². The van der Waals surface area contributed by atoms with Gasteiger partial charge in [0.15, 0.2) is 0 Å². The van der Waals surface area contributed by atoms with Gasteiger partial charge in [-0.15, -0.1) is 0 Å². The van der Waals surface area contributed by atoms with Gasteiger partial charge in [0.1, 0.15) is 5.69 Å². The Kier molecular flexibility index (Phi) is 7.41. The van der Waals surface area contributed by atoms with E-state index in [2.05, 4.69) is 22.1 Å². The number of aromatic amines is 1. The predicted molar refractivity (Wildman–Crippen MR) is 113 cm³/mol. The standard InChI is InChI=1S/C22H32N4O3/c1-16-20(19-7-5-4-6-8-19)23-24-21(16)22(28)26-13-17(11-18(14-26)15-27)12-25(2)9-10-29-3/h4-8,17-18,27H,9-15H2,1-3H3,(H,23,24)/t17-,18+/m0/s1. The Morgan fingerprint density at radius 1 is 1.31 bits per heavy atom. The molecule has 1 fully saturated rings. The van der Waals surface area contributed by atoms with Crippen molar-refractivity contribution in [2.24, 2.45) is 11.8 Å². The summed E-state index contributed by atoms with van der Waals surface area (Å²) in [6.45, 7) is 5.71. The predicted octanol–water partition coefficient (Wildman–Crippen LogP) is 2.03. The molecule has 2 heterocycles. The third-order valence-electron chi connectivity index (χ3n) is 5.69. The molecule has 29 heavy (non-hydrogen) atoms. The number of likely N-dealkylation sites (N-methyl/N-ethyl adjacent to an activating group) is 1. The van der Waals surface area contributed by atoms with Gasteiger partial charge in [-0.1, -0.05) is 30.3 Å². The van der Waals surface area contributed by atoms with Crippen LogP contribution in [0.4, 0.5) is 0 Å². The molecule has 158 valence electrons. The number of benzene rings is 1. The Bertz CT molecular complexity index is 793. The minimum atomic E-state index is -0.0418. The summed E-state index contributed by atoms with van der Waals surface area (Å²) in [5.41, 5.74) is 3.19. The topological polar surface area (TPSA) is 81.7 Å². The first-order valence-corrected chi connectivity index (χ1v) is 10.2. The monoisotopic (exact) mass is 400 g/mol. The maximum absolute atomic E-state index is 13.3. The van der Waals surface area contributed by atoms with Crippen molar-refractivity contribution in [3.8, 4) is 11.3 Å². The number of nitrogens with zero attached hydrogens (tertiary/aromatic N) is 3. The van der Waals surface area contributed by atoms with Crippen molar-refractivity contribution in [1.82, 2.24) is 20.0 Å². The normalized spacial score (nSPS) is 19.7. The number of rotatable bonds is 8. The Morgan fingerprint density at radius 2 is 2.03 bits per heavy atom. The number of ether oxygens (including phenoxy) is 1. The van der Waals surface area contributed by atoms with Crippen LogP contribution >= 0.6 is 0 Å². The highest BCUT2D eigenvalue weighted by atomic mass is 16.5. The molecule has 7 nitrogen and oxygen atoms in total. The van der Waals surface area contributed by atoms with Crippen LogP contribution in [-0.4, -0.2) is 84.6 Å². The number of piperidine rings is 1. The molecule has 0 unspecified atom stereocenters. The van der Waals surface area contributed by atoms with Gasteiger partial charge >= 0.3 is 0 Å². The van der Waals surface area contributed by atoms with E-state index in [1.807, 2.05) is 42.2 Å². The zero-order chi connectivity index (χ0) is 20.8. The fourth-order valence-corrected chi connectivity index (χ4v) is 4.17. The second-order valence-electron chi connectivity index (χ2n) is 8.05. The number of H-pyrrole nitrogens is 1. The van der Waals surface area contributed by atoms with Crippen LogP contribution in [-0.2, 0) is 4.74 Å². The smallest absolute Gasteiger partial charge is 0.272 e. The fraction of sp³-hybridized carbons (Fsp3) is 0.545. The summed E-state index contributed by atoms with van der Waals surface area (Å²) in [4.78, 5) is 17.4. The molecule has 3 rings (SSSR count). The molecule has 0 spiro atoms. The van der Waals surface area contributed by atoms with Crippen molar-refractivity contribution in [3.05, 3.63) is 41.6 Å². The van der Waals surface area contributed by atoms with Gasteiger partial charge in [-0.2, -0.15) is 5.10 Å². The average molecular weight is 401 g/mol. The molecule has 0 aliphatic carbocycles. The van der Waals surface area contributed by atoms with Crippen LogP contribution in [0.5, 0.6) is 0 Å². The summed E-state index contributed by atoms with van der Waals surface area (Å²) < 4.78 is 5.16. The number of amides is 1. The molecule has 2 atom stereocenters. The van der Waals surface area contributed by atoms with E-state index in [1.54, 1.807) is 7.11 Å². The number of aromatic nitrogens is 2. The lowest BCUT2D eigenvalue weighted by Gasteiger charge is -2.38. The molecule has 1 aromatic heterocycles. The van der Waals surface area contributed by atoms with Crippen LogP contribution < -0.4 is 0 Å². The van der Waals surface area contributed by atoms with Gasteiger partial charge in [0.25, 0.3) is 5.91 Å². The maximum Gasteiger partial charge on any atom is 0.272 e. The van der Waals surface area contributed by atoms with Crippen molar-refractivity contribution in [2.45, 2.75) is 13.3 Å². The lowest BCUT2D eigenvalue weighted by atomic mass is 9.89. The SMILES string of the molecule is COCCN(C)C[C@@H]1C[C@@H](CO)CN(C(=O)c2[nH]nc(-c3ccccc3)c2C)C1. The summed E-state index contributed by atoms with van der Waals surface area (Å²) in [5, 5.41) is 17.1. The van der Waals surface area contributed by atoms with Gasteiger partial charge in [-0.3, -0.25) is 9.89 Å². The molecule has 0 radical (unpaired) electrons. The molecule has 0 saturated carbocycles. The highest BCUT2D eigenvalue weighted by Crippen LogP contribution is 2.27. The fourth-order valence-electron chi connectivity index (χ4n) is 4.17. The number of aliphatic hydroxyl groups is 1. The Labute approximate surface area is 172 Å². The number of nitrogens with one attached hydrogen (secondary N) is 1. The summed E-state index contributed by atoms with van der Waals surface area (Å²) in [6.07, 6.45) is 0.925. The number of hydrogen-bond acceptors (Lipinski definition) is 5. The van der Waals surface area contributed by atoms with E-state index >= 15 is 0 Å². The lowest BCUT2D eigenvalue weighted by Crippen LogP contribution is -2.48. The number of methoxy groups -OCH3 is 1. The highest BCUT2D eigenvalue weighted by Gasteiger charge is 2.32. The van der Waals surface area contributed by atoms with Gasteiger partial charge in [0.05, 0.1) is 12.3 Å². The largest absolute Gasteiger partial charge is 0.396 e. The molecule has 1 aromatic carbocycles. The first-order valence-electron chi connectivity index (χ1n) is 10.2. The van der Waals surface area contributed by atoms with Gasteiger partial charge in [0.2, 0.25) is 0 Å². The van der Waals surface area contributed by atoms with Crippen molar-refractivity contribution in [2.75, 3.05) is 53.6 Å². The number of hydrogen-bond donors (Lipinski definition) is 2. The summed E-state index contributed by atoms with van der Waals surface area (Å²) in [5.74, 6) is 0.383. The summed E-state index contributed by atoms with van der Waals surface area (Å²) in [7, 11) is 3.77. The number of carbonyl (C=O) groups is 1. The first kappa shape index (κ1) is 21.5. The maximum atomic E-state index is 13.3. The Balaban J connectivity index is 1.73. The molecular weight excluding hydrogens is 368 g/mol. The van der Waals surface area contributed by atoms with Crippen LogP contribution in [0.1, 0.15) is 22.5 Å². The zero-order valence-corrected chi connectivity index (χ0v) is 17.6. The number of aliphatic hydroxyl groups excluding tert-OH is 1. The van der Waals surface area contributed by atoms with Gasteiger partial charge in [0, 0.05) is 51.0 Å². The molecule has 2 N–H and O–H groups in total. The van der Waals surface area contributed by atoms with E-state index in [9.17, 15) is 9.90 Å². The van der Waals surface area contributed by atoms with Crippen molar-refractivity contribution >= 4 is 5.91 Å². The summed E-state index contributed by atoms with van der Waals surface area (Å²) in [6, 6.07) is 9.88. The van der Waals surface area contributed by atoms with E-state index < -0.39 is 0 Å². The Hall–Kier alpha value is -2.22. The van der Waals surface area contributed by atoms with Crippen molar-refractivity contribution in [3.63, 3.8) is 0 Å². The van der Waals surface area contributed by atoms with E-state index in [0.29, 0.717) is 31.3 Å². The molecule has 1 amide bonds. The lowest BCUT2D eigenvalue weighted by molar-refractivity contribution is 0.0445. The molecule has 1 saturated heterocycles. The molecule has 1 aliphatic heterocycles. The highest BCUT2D eigenvalue weighted by molar-refractivity contribution is 5.95. The number of carbonyl (C=O) groups excluding carboxylic acids is 1. The van der Waals surface area contributed by atoms with Crippen LogP contribution in [0.3, 0.4) is 0 Å². The molecule has 0 bridgehead atoms. The number of likely N-dealkylation sites (tertiary alicyclic amines) is 1. The average Bonchev–Trinajstić information content (AvgIpc) is 3.13. The van der Waals surface area contributed by atoms with Crippen LogP contribution in [0.15, 0.2) is 30.3 Å². The third kappa shape index (κ3) is 5.23. The van der Waals surface area contributed by atoms with Gasteiger partial charge in [-0.25, -0.2) is 0 Å². The summed E-state index contributed by atoms with van der Waals surface area (Å²) >= 11 is 0. The minimum Gasteiger partial charge on any atom is -0.396 e. The quantitative estimate of drug-likeness (QED) is 0.709. The second-order valence-corrected chi connectivity index (χ2v) is 8.05. The van der Waals surface area contributed by atoms with Crippen molar-refractivity contribution < 1.29 is 14.6 Å².